The van der Waals surface area contributed by atoms with Crippen molar-refractivity contribution >= 4 is 18.3 Å². The van der Waals surface area contributed by atoms with E-state index >= 15 is 0 Å². The van der Waals surface area contributed by atoms with Crippen LogP contribution in [0.4, 0.5) is 0 Å². The second kappa shape index (κ2) is 8.28. The SMILES string of the molecule is CCC1CCCC(NC(=O)c2ccc(CN)cc2)C1.Cl. The third-order valence-electron chi connectivity index (χ3n) is 4.15. The molecule has 1 aromatic rings. The first-order valence-electron chi connectivity index (χ1n) is 7.32. The Labute approximate surface area is 127 Å². The zero-order valence-corrected chi connectivity index (χ0v) is 12.9. The molecule has 0 heterocycles. The molecule has 0 spiro atoms. The molecule has 0 aliphatic heterocycles. The summed E-state index contributed by atoms with van der Waals surface area (Å²) in [5.74, 6) is 0.823. The fourth-order valence-corrected chi connectivity index (χ4v) is 2.85. The molecule has 2 unspecified atom stereocenters. The minimum atomic E-state index is 0. The number of nitrogens with one attached hydrogen (secondary N) is 1. The predicted octanol–water partition coefficient (Wildman–Crippen LogP) is 3.27. The van der Waals surface area contributed by atoms with Crippen LogP contribution in [0.25, 0.3) is 0 Å². The predicted molar refractivity (Wildman–Crippen MR) is 85.1 cm³/mol. The van der Waals surface area contributed by atoms with E-state index in [0.717, 1.165) is 29.9 Å². The van der Waals surface area contributed by atoms with E-state index in [9.17, 15) is 4.79 Å². The Balaban J connectivity index is 0.00000200. The molecule has 20 heavy (non-hydrogen) atoms. The second-order valence-corrected chi connectivity index (χ2v) is 5.51. The molecule has 112 valence electrons. The highest BCUT2D eigenvalue weighted by atomic mass is 35.5. The van der Waals surface area contributed by atoms with E-state index in [1.165, 1.54) is 19.3 Å². The van der Waals surface area contributed by atoms with Gasteiger partial charge in [0, 0.05) is 18.2 Å². The van der Waals surface area contributed by atoms with Crippen molar-refractivity contribution in [3.63, 3.8) is 0 Å². The van der Waals surface area contributed by atoms with Crippen LogP contribution in [0.3, 0.4) is 0 Å². The number of hydrogen-bond donors (Lipinski definition) is 2. The molecule has 1 saturated carbocycles. The van der Waals surface area contributed by atoms with Crippen LogP contribution in [-0.2, 0) is 6.54 Å². The Morgan fingerprint density at radius 3 is 2.60 bits per heavy atom. The van der Waals surface area contributed by atoms with E-state index < -0.39 is 0 Å². The van der Waals surface area contributed by atoms with Crippen molar-refractivity contribution in [2.45, 2.75) is 51.6 Å². The van der Waals surface area contributed by atoms with Crippen molar-refractivity contribution in [2.24, 2.45) is 11.7 Å². The van der Waals surface area contributed by atoms with E-state index in [1.807, 2.05) is 24.3 Å². The van der Waals surface area contributed by atoms with Crippen molar-refractivity contribution in [3.8, 4) is 0 Å². The fraction of sp³-hybridized carbons (Fsp3) is 0.562. The largest absolute Gasteiger partial charge is 0.349 e. The molecule has 4 heteroatoms. The molecule has 0 saturated heterocycles. The van der Waals surface area contributed by atoms with E-state index in [0.29, 0.717) is 12.6 Å². The van der Waals surface area contributed by atoms with Crippen LogP contribution in [0.5, 0.6) is 0 Å². The van der Waals surface area contributed by atoms with Gasteiger partial charge < -0.3 is 11.1 Å². The maximum absolute atomic E-state index is 12.2. The highest BCUT2D eigenvalue weighted by Crippen LogP contribution is 2.26. The lowest BCUT2D eigenvalue weighted by molar-refractivity contribution is 0.0919. The van der Waals surface area contributed by atoms with Crippen molar-refractivity contribution < 1.29 is 4.79 Å². The summed E-state index contributed by atoms with van der Waals surface area (Å²) in [6, 6.07) is 7.91. The third kappa shape index (κ3) is 4.50. The highest BCUT2D eigenvalue weighted by Gasteiger charge is 2.22. The summed E-state index contributed by atoms with van der Waals surface area (Å²) in [6.07, 6.45) is 6.01. The van der Waals surface area contributed by atoms with Gasteiger partial charge in [-0.3, -0.25) is 4.79 Å². The average Bonchev–Trinajstić information content (AvgIpc) is 2.47. The van der Waals surface area contributed by atoms with Crippen molar-refractivity contribution in [1.82, 2.24) is 5.32 Å². The Morgan fingerprint density at radius 2 is 2.00 bits per heavy atom. The summed E-state index contributed by atoms with van der Waals surface area (Å²) in [4.78, 5) is 12.2. The van der Waals surface area contributed by atoms with Gasteiger partial charge in [-0.15, -0.1) is 12.4 Å². The summed E-state index contributed by atoms with van der Waals surface area (Å²) < 4.78 is 0. The molecule has 1 aliphatic rings. The van der Waals surface area contributed by atoms with Crippen LogP contribution in [0.1, 0.15) is 54.9 Å². The molecule has 3 nitrogen and oxygen atoms in total. The average molecular weight is 297 g/mol. The number of rotatable bonds is 4. The van der Waals surface area contributed by atoms with Gasteiger partial charge in [-0.1, -0.05) is 38.3 Å². The maximum atomic E-state index is 12.2. The smallest absolute Gasteiger partial charge is 0.251 e. The summed E-state index contributed by atoms with van der Waals surface area (Å²) in [7, 11) is 0. The lowest BCUT2D eigenvalue weighted by atomic mass is 9.84. The molecule has 0 radical (unpaired) electrons. The minimum absolute atomic E-state index is 0. The fourth-order valence-electron chi connectivity index (χ4n) is 2.85. The highest BCUT2D eigenvalue weighted by molar-refractivity contribution is 5.94. The van der Waals surface area contributed by atoms with Gasteiger partial charge in [0.05, 0.1) is 0 Å². The van der Waals surface area contributed by atoms with Crippen LogP contribution in [0.15, 0.2) is 24.3 Å². The van der Waals surface area contributed by atoms with E-state index in [2.05, 4.69) is 12.2 Å². The summed E-state index contributed by atoms with van der Waals surface area (Å²) in [5.41, 5.74) is 7.34. The third-order valence-corrected chi connectivity index (χ3v) is 4.15. The lowest BCUT2D eigenvalue weighted by Crippen LogP contribution is -2.38. The van der Waals surface area contributed by atoms with Gasteiger partial charge >= 0.3 is 0 Å². The molecule has 1 aromatic carbocycles. The van der Waals surface area contributed by atoms with E-state index in [-0.39, 0.29) is 18.3 Å². The Hall–Kier alpha value is -1.06. The van der Waals surface area contributed by atoms with Gasteiger partial charge in [0.1, 0.15) is 0 Å². The van der Waals surface area contributed by atoms with Crippen LogP contribution >= 0.6 is 12.4 Å². The topological polar surface area (TPSA) is 55.1 Å². The van der Waals surface area contributed by atoms with Crippen LogP contribution in [-0.4, -0.2) is 11.9 Å². The number of amides is 1. The maximum Gasteiger partial charge on any atom is 0.251 e. The number of hydrogen-bond acceptors (Lipinski definition) is 2. The quantitative estimate of drug-likeness (QED) is 0.896. The molecular weight excluding hydrogens is 272 g/mol. The van der Waals surface area contributed by atoms with Crippen molar-refractivity contribution in [2.75, 3.05) is 0 Å². The first-order chi connectivity index (χ1) is 9.22. The van der Waals surface area contributed by atoms with Gasteiger partial charge in [0.15, 0.2) is 0 Å². The van der Waals surface area contributed by atoms with Crippen LogP contribution in [0.2, 0.25) is 0 Å². The molecule has 0 bridgehead atoms. The summed E-state index contributed by atoms with van der Waals surface area (Å²) >= 11 is 0. The van der Waals surface area contributed by atoms with Gasteiger partial charge in [-0.25, -0.2) is 0 Å². The van der Waals surface area contributed by atoms with Gasteiger partial charge in [-0.2, -0.15) is 0 Å². The zero-order valence-electron chi connectivity index (χ0n) is 12.1. The van der Waals surface area contributed by atoms with E-state index in [4.69, 9.17) is 5.73 Å². The van der Waals surface area contributed by atoms with Crippen molar-refractivity contribution in [1.29, 1.82) is 0 Å². The molecule has 1 fully saturated rings. The zero-order chi connectivity index (χ0) is 13.7. The Kier molecular flexibility index (Phi) is 7.03. The monoisotopic (exact) mass is 296 g/mol. The number of carbonyl (C=O) groups excluding carboxylic acids is 1. The molecule has 1 amide bonds. The minimum Gasteiger partial charge on any atom is -0.349 e. The molecular formula is C16H25ClN2O. The first kappa shape index (κ1) is 17.0. The molecule has 1 aliphatic carbocycles. The number of halogens is 1. The van der Waals surface area contributed by atoms with Gasteiger partial charge in [0.2, 0.25) is 0 Å². The standard InChI is InChI=1S/C16H24N2O.ClH/c1-2-12-4-3-5-15(10-12)18-16(19)14-8-6-13(11-17)7-9-14;/h6-9,12,15H,2-5,10-11,17H2,1H3,(H,18,19);1H. The summed E-state index contributed by atoms with van der Waals surface area (Å²) in [5, 5.41) is 3.17. The number of benzene rings is 1. The molecule has 2 atom stereocenters. The number of carbonyl (C=O) groups is 1. The van der Waals surface area contributed by atoms with Crippen LogP contribution in [0, 0.1) is 5.92 Å². The first-order valence-corrected chi connectivity index (χ1v) is 7.32. The van der Waals surface area contributed by atoms with Gasteiger partial charge in [0.25, 0.3) is 5.91 Å². The van der Waals surface area contributed by atoms with Crippen molar-refractivity contribution in [3.05, 3.63) is 35.4 Å². The Morgan fingerprint density at radius 1 is 1.30 bits per heavy atom. The molecule has 2 rings (SSSR count). The summed E-state index contributed by atoms with van der Waals surface area (Å²) in [6.45, 7) is 2.75. The normalized spacial score (nSPS) is 21.9. The molecule has 0 aromatic heterocycles. The van der Waals surface area contributed by atoms with Gasteiger partial charge in [-0.05, 0) is 36.5 Å². The Bertz CT molecular complexity index is 419. The van der Waals surface area contributed by atoms with Crippen LogP contribution < -0.4 is 11.1 Å². The second-order valence-electron chi connectivity index (χ2n) is 5.51. The lowest BCUT2D eigenvalue weighted by Gasteiger charge is -2.29. The molecule has 3 N–H and O–H groups in total. The van der Waals surface area contributed by atoms with E-state index in [1.54, 1.807) is 0 Å². The number of nitrogens with two attached hydrogens (primary N) is 1.